The molecule has 72 valence electrons. The standard InChI is InChI=1S/C10H14O3/c1-7-3-4-10(12)9(7)5-6-13-8(2)11/h3-6H2,1-2H3. The van der Waals surface area contributed by atoms with Gasteiger partial charge in [0.2, 0.25) is 0 Å². The third-order valence-electron chi connectivity index (χ3n) is 2.24. The highest BCUT2D eigenvalue weighted by molar-refractivity contribution is 5.98. The molecule has 0 spiro atoms. The summed E-state index contributed by atoms with van der Waals surface area (Å²) in [4.78, 5) is 21.7. The molecule has 0 aliphatic heterocycles. The average molecular weight is 182 g/mol. The van der Waals surface area contributed by atoms with E-state index in [0.29, 0.717) is 19.4 Å². The van der Waals surface area contributed by atoms with Gasteiger partial charge in [-0.05, 0) is 18.9 Å². The first-order valence-electron chi connectivity index (χ1n) is 4.46. The van der Waals surface area contributed by atoms with Crippen LogP contribution in [0, 0.1) is 0 Å². The summed E-state index contributed by atoms with van der Waals surface area (Å²) in [5.74, 6) is -0.0756. The van der Waals surface area contributed by atoms with E-state index in [1.807, 2.05) is 6.92 Å². The number of hydrogen-bond acceptors (Lipinski definition) is 3. The summed E-state index contributed by atoms with van der Waals surface area (Å²) in [6.07, 6.45) is 2.07. The minimum absolute atomic E-state index is 0.213. The third kappa shape index (κ3) is 2.68. The quantitative estimate of drug-likeness (QED) is 0.623. The Morgan fingerprint density at radius 2 is 2.15 bits per heavy atom. The van der Waals surface area contributed by atoms with Gasteiger partial charge in [-0.15, -0.1) is 0 Å². The van der Waals surface area contributed by atoms with Gasteiger partial charge in [-0.3, -0.25) is 9.59 Å². The average Bonchev–Trinajstić information content (AvgIpc) is 2.34. The molecule has 0 heterocycles. The number of allylic oxidation sites excluding steroid dienone is 1. The van der Waals surface area contributed by atoms with Gasteiger partial charge in [-0.1, -0.05) is 5.57 Å². The molecule has 13 heavy (non-hydrogen) atoms. The zero-order valence-electron chi connectivity index (χ0n) is 8.05. The molecule has 0 atom stereocenters. The summed E-state index contributed by atoms with van der Waals surface area (Å²) in [6, 6.07) is 0. The van der Waals surface area contributed by atoms with Crippen molar-refractivity contribution in [3.05, 3.63) is 11.1 Å². The summed E-state index contributed by atoms with van der Waals surface area (Å²) < 4.78 is 4.78. The third-order valence-corrected chi connectivity index (χ3v) is 2.24. The summed E-state index contributed by atoms with van der Waals surface area (Å²) in [7, 11) is 0. The molecule has 0 N–H and O–H groups in total. The summed E-state index contributed by atoms with van der Waals surface area (Å²) in [6.45, 7) is 3.67. The number of carbonyl (C=O) groups is 2. The fraction of sp³-hybridized carbons (Fsp3) is 0.600. The van der Waals surface area contributed by atoms with Crippen molar-refractivity contribution in [1.29, 1.82) is 0 Å². The molecule has 3 nitrogen and oxygen atoms in total. The maximum Gasteiger partial charge on any atom is 0.302 e. The van der Waals surface area contributed by atoms with Crippen molar-refractivity contribution < 1.29 is 14.3 Å². The first kappa shape index (κ1) is 9.96. The van der Waals surface area contributed by atoms with Crippen molar-refractivity contribution in [2.24, 2.45) is 0 Å². The molecule has 0 aromatic rings. The Labute approximate surface area is 77.8 Å². The molecular formula is C10H14O3. The smallest absolute Gasteiger partial charge is 0.302 e. The zero-order chi connectivity index (χ0) is 9.84. The number of ketones is 1. The largest absolute Gasteiger partial charge is 0.466 e. The molecule has 0 aromatic heterocycles. The number of carbonyl (C=O) groups excluding carboxylic acids is 2. The Morgan fingerprint density at radius 3 is 2.62 bits per heavy atom. The van der Waals surface area contributed by atoms with Crippen molar-refractivity contribution >= 4 is 11.8 Å². The van der Waals surface area contributed by atoms with E-state index in [-0.39, 0.29) is 11.8 Å². The van der Waals surface area contributed by atoms with Gasteiger partial charge in [0.15, 0.2) is 5.78 Å². The van der Waals surface area contributed by atoms with Crippen LogP contribution in [0.25, 0.3) is 0 Å². The van der Waals surface area contributed by atoms with Crippen LogP contribution in [0.15, 0.2) is 11.1 Å². The summed E-state index contributed by atoms with van der Waals surface area (Å²) >= 11 is 0. The molecule has 0 saturated heterocycles. The predicted molar refractivity (Wildman–Crippen MR) is 48.2 cm³/mol. The Morgan fingerprint density at radius 1 is 1.46 bits per heavy atom. The Balaban J connectivity index is 2.40. The first-order valence-corrected chi connectivity index (χ1v) is 4.46. The molecule has 1 aliphatic carbocycles. The first-order chi connectivity index (χ1) is 6.11. The molecule has 0 aromatic carbocycles. The maximum atomic E-state index is 11.3. The Bertz CT molecular complexity index is 263. The van der Waals surface area contributed by atoms with Gasteiger partial charge >= 0.3 is 5.97 Å². The van der Waals surface area contributed by atoms with Crippen LogP contribution >= 0.6 is 0 Å². The van der Waals surface area contributed by atoms with E-state index in [9.17, 15) is 9.59 Å². The lowest BCUT2D eigenvalue weighted by atomic mass is 10.1. The van der Waals surface area contributed by atoms with Crippen molar-refractivity contribution in [2.75, 3.05) is 6.61 Å². The highest BCUT2D eigenvalue weighted by atomic mass is 16.5. The van der Waals surface area contributed by atoms with Gasteiger partial charge < -0.3 is 4.74 Å². The monoisotopic (exact) mass is 182 g/mol. The van der Waals surface area contributed by atoms with Crippen molar-refractivity contribution in [3.63, 3.8) is 0 Å². The summed E-state index contributed by atoms with van der Waals surface area (Å²) in [5, 5.41) is 0. The maximum absolute atomic E-state index is 11.3. The van der Waals surface area contributed by atoms with E-state index in [0.717, 1.165) is 17.6 Å². The van der Waals surface area contributed by atoms with Crippen LogP contribution in [-0.2, 0) is 14.3 Å². The number of esters is 1. The van der Waals surface area contributed by atoms with Crippen LogP contribution in [0.3, 0.4) is 0 Å². The topological polar surface area (TPSA) is 43.4 Å². The number of rotatable bonds is 3. The van der Waals surface area contributed by atoms with Crippen LogP contribution in [0.2, 0.25) is 0 Å². The zero-order valence-corrected chi connectivity index (χ0v) is 8.05. The molecule has 0 bridgehead atoms. The van der Waals surface area contributed by atoms with E-state index < -0.39 is 0 Å². The van der Waals surface area contributed by atoms with E-state index in [2.05, 4.69) is 0 Å². The number of Topliss-reactive ketones (excluding diaryl/α,β-unsaturated/α-hetero) is 1. The lowest BCUT2D eigenvalue weighted by molar-refractivity contribution is -0.141. The van der Waals surface area contributed by atoms with Crippen molar-refractivity contribution in [1.82, 2.24) is 0 Å². The van der Waals surface area contributed by atoms with Gasteiger partial charge in [-0.2, -0.15) is 0 Å². The van der Waals surface area contributed by atoms with Crippen LogP contribution < -0.4 is 0 Å². The van der Waals surface area contributed by atoms with Gasteiger partial charge in [0.05, 0.1) is 6.61 Å². The number of ether oxygens (including phenoxy) is 1. The van der Waals surface area contributed by atoms with E-state index >= 15 is 0 Å². The van der Waals surface area contributed by atoms with Gasteiger partial charge in [-0.25, -0.2) is 0 Å². The van der Waals surface area contributed by atoms with E-state index in [1.165, 1.54) is 6.92 Å². The van der Waals surface area contributed by atoms with Crippen LogP contribution in [0.5, 0.6) is 0 Å². The second kappa shape index (κ2) is 4.21. The highest BCUT2D eigenvalue weighted by Crippen LogP contribution is 2.24. The van der Waals surface area contributed by atoms with Crippen molar-refractivity contribution in [2.45, 2.75) is 33.1 Å². The summed E-state index contributed by atoms with van der Waals surface area (Å²) in [5.41, 5.74) is 2.01. The molecule has 0 saturated carbocycles. The van der Waals surface area contributed by atoms with Gasteiger partial charge in [0.25, 0.3) is 0 Å². The molecule has 0 amide bonds. The molecule has 1 rings (SSSR count). The lowest BCUT2D eigenvalue weighted by Crippen LogP contribution is -2.05. The van der Waals surface area contributed by atoms with Crippen LogP contribution in [0.4, 0.5) is 0 Å². The highest BCUT2D eigenvalue weighted by Gasteiger charge is 2.19. The predicted octanol–water partition coefficient (Wildman–Crippen LogP) is 1.62. The normalized spacial score (nSPS) is 16.6. The van der Waals surface area contributed by atoms with Crippen LogP contribution in [0.1, 0.15) is 33.1 Å². The SMILES string of the molecule is CC(=O)OCCC1=C(C)CCC1=O. The molecule has 1 aliphatic rings. The molecule has 0 fully saturated rings. The van der Waals surface area contributed by atoms with Crippen molar-refractivity contribution in [3.8, 4) is 0 Å². The molecule has 0 unspecified atom stereocenters. The fourth-order valence-corrected chi connectivity index (χ4v) is 1.49. The second-order valence-electron chi connectivity index (χ2n) is 3.27. The van der Waals surface area contributed by atoms with E-state index in [1.54, 1.807) is 0 Å². The number of hydrogen-bond donors (Lipinski definition) is 0. The molecule has 0 radical (unpaired) electrons. The Hall–Kier alpha value is -1.12. The minimum atomic E-state index is -0.288. The molecule has 3 heteroatoms. The fourth-order valence-electron chi connectivity index (χ4n) is 1.49. The second-order valence-corrected chi connectivity index (χ2v) is 3.27. The lowest BCUT2D eigenvalue weighted by Gasteiger charge is -2.02. The minimum Gasteiger partial charge on any atom is -0.466 e. The van der Waals surface area contributed by atoms with Gasteiger partial charge in [0.1, 0.15) is 0 Å². The Kier molecular flexibility index (Phi) is 3.23. The molecular weight excluding hydrogens is 168 g/mol. The van der Waals surface area contributed by atoms with Crippen LogP contribution in [-0.4, -0.2) is 18.4 Å². The van der Waals surface area contributed by atoms with Gasteiger partial charge in [0, 0.05) is 19.8 Å². The van der Waals surface area contributed by atoms with E-state index in [4.69, 9.17) is 4.74 Å².